The summed E-state index contributed by atoms with van der Waals surface area (Å²) in [5, 5.41) is 9.29. The maximum Gasteiger partial charge on any atom is 0.417 e. The Morgan fingerprint density at radius 1 is 1.15 bits per heavy atom. The van der Waals surface area contributed by atoms with E-state index in [0.29, 0.717) is 6.54 Å². The fourth-order valence-corrected chi connectivity index (χ4v) is 4.05. The number of alkyl halides is 3. The molecular formula is C26H25F3N2O2. The van der Waals surface area contributed by atoms with E-state index in [1.807, 2.05) is 18.2 Å². The summed E-state index contributed by atoms with van der Waals surface area (Å²) in [7, 11) is 0. The van der Waals surface area contributed by atoms with Crippen molar-refractivity contribution in [3.05, 3.63) is 83.6 Å². The molecule has 0 saturated carbocycles. The van der Waals surface area contributed by atoms with E-state index < -0.39 is 11.7 Å². The monoisotopic (exact) mass is 454 g/mol. The van der Waals surface area contributed by atoms with E-state index >= 15 is 0 Å². The van der Waals surface area contributed by atoms with Gasteiger partial charge in [-0.2, -0.15) is 13.2 Å². The van der Waals surface area contributed by atoms with E-state index in [2.05, 4.69) is 47.1 Å². The highest BCUT2D eigenvalue weighted by molar-refractivity contribution is 5.77. The molecule has 33 heavy (non-hydrogen) atoms. The van der Waals surface area contributed by atoms with Crippen LogP contribution in [0.15, 0.2) is 66.9 Å². The average molecular weight is 454 g/mol. The molecule has 2 heterocycles. The summed E-state index contributed by atoms with van der Waals surface area (Å²) in [5.41, 5.74) is 4.63. The first kappa shape index (κ1) is 22.9. The summed E-state index contributed by atoms with van der Waals surface area (Å²) < 4.78 is 44.1. The quantitative estimate of drug-likeness (QED) is 0.516. The number of rotatable bonds is 6. The molecule has 1 N–H and O–H groups in total. The zero-order valence-corrected chi connectivity index (χ0v) is 18.2. The molecule has 0 radical (unpaired) electrons. The lowest BCUT2D eigenvalue weighted by atomic mass is 9.97. The molecule has 1 unspecified atom stereocenters. The molecule has 0 aliphatic carbocycles. The lowest BCUT2D eigenvalue weighted by Gasteiger charge is -2.22. The fraction of sp³-hybridized carbons (Fsp3) is 0.269. The lowest BCUT2D eigenvalue weighted by molar-refractivity contribution is -0.137. The predicted octanol–water partition coefficient (Wildman–Crippen LogP) is 5.74. The third-order valence-electron chi connectivity index (χ3n) is 5.72. The summed E-state index contributed by atoms with van der Waals surface area (Å²) in [6, 6.07) is 16.7. The smallest absolute Gasteiger partial charge is 0.417 e. The second kappa shape index (κ2) is 9.67. The van der Waals surface area contributed by atoms with Crippen LogP contribution in [0.4, 0.5) is 18.9 Å². The van der Waals surface area contributed by atoms with Gasteiger partial charge in [0.25, 0.3) is 0 Å². The second-order valence-electron chi connectivity index (χ2n) is 8.03. The molecule has 1 saturated heterocycles. The summed E-state index contributed by atoms with van der Waals surface area (Å²) in [6.45, 7) is 3.35. The highest BCUT2D eigenvalue weighted by Gasteiger charge is 2.31. The molecule has 1 aliphatic heterocycles. The summed E-state index contributed by atoms with van der Waals surface area (Å²) in [6.07, 6.45) is 0.535. The van der Waals surface area contributed by atoms with Gasteiger partial charge in [-0.3, -0.25) is 0 Å². The number of aryl methyl sites for hydroxylation is 1. The van der Waals surface area contributed by atoms with Crippen LogP contribution in [-0.4, -0.2) is 35.9 Å². The molecule has 3 aromatic rings. The second-order valence-corrected chi connectivity index (χ2v) is 8.03. The molecule has 172 valence electrons. The highest BCUT2D eigenvalue weighted by Crippen LogP contribution is 2.33. The van der Waals surface area contributed by atoms with Gasteiger partial charge in [0.15, 0.2) is 0 Å². The van der Waals surface area contributed by atoms with Gasteiger partial charge in [0.1, 0.15) is 6.10 Å². The SMILES string of the molecule is Cc1ccccc1-c1ccc(N2CCC(Oc3ccc(C(F)(F)F)cn3)C2)c(/C=C/CO)c1. The lowest BCUT2D eigenvalue weighted by Crippen LogP contribution is -2.25. The Balaban J connectivity index is 1.52. The molecule has 1 atom stereocenters. The molecule has 2 aromatic carbocycles. The molecule has 4 nitrogen and oxygen atoms in total. The standard InChI is InChI=1S/C26H25F3N2O2/c1-18-5-2-3-7-23(18)19-8-10-24(20(15-19)6-4-14-32)31-13-12-22(17-31)33-25-11-9-21(16-30-25)26(27,28)29/h2-11,15-16,22,32H,12-14,17H2,1H3/b6-4+. The van der Waals surface area contributed by atoms with Gasteiger partial charge in [0, 0.05) is 30.9 Å². The molecule has 1 fully saturated rings. The van der Waals surface area contributed by atoms with Crippen LogP contribution in [0.1, 0.15) is 23.1 Å². The number of hydrogen-bond acceptors (Lipinski definition) is 4. The molecule has 0 amide bonds. The minimum Gasteiger partial charge on any atom is -0.472 e. The number of ether oxygens (including phenoxy) is 1. The maximum atomic E-state index is 12.7. The topological polar surface area (TPSA) is 45.6 Å². The first-order chi connectivity index (χ1) is 15.8. The number of hydrogen-bond donors (Lipinski definition) is 1. The van der Waals surface area contributed by atoms with E-state index in [1.54, 1.807) is 6.08 Å². The van der Waals surface area contributed by atoms with Crippen molar-refractivity contribution in [1.29, 1.82) is 0 Å². The van der Waals surface area contributed by atoms with E-state index in [1.165, 1.54) is 11.6 Å². The van der Waals surface area contributed by atoms with Gasteiger partial charge in [-0.1, -0.05) is 42.5 Å². The number of aliphatic hydroxyl groups is 1. The number of benzene rings is 2. The van der Waals surface area contributed by atoms with Crippen LogP contribution in [-0.2, 0) is 6.18 Å². The molecule has 4 rings (SSSR count). The van der Waals surface area contributed by atoms with Gasteiger partial charge in [0.2, 0.25) is 5.88 Å². The minimum atomic E-state index is -4.42. The summed E-state index contributed by atoms with van der Waals surface area (Å²) in [4.78, 5) is 6.01. The number of aliphatic hydroxyl groups excluding tert-OH is 1. The zero-order valence-electron chi connectivity index (χ0n) is 18.2. The van der Waals surface area contributed by atoms with Gasteiger partial charge < -0.3 is 14.7 Å². The average Bonchev–Trinajstić information content (AvgIpc) is 3.26. The van der Waals surface area contributed by atoms with Crippen LogP contribution in [0, 0.1) is 6.92 Å². The Bertz CT molecular complexity index is 1130. The number of halogens is 3. The maximum absolute atomic E-state index is 12.7. The van der Waals surface area contributed by atoms with Crippen molar-refractivity contribution in [3.8, 4) is 17.0 Å². The van der Waals surface area contributed by atoms with E-state index in [4.69, 9.17) is 4.74 Å². The molecular weight excluding hydrogens is 429 g/mol. The summed E-state index contributed by atoms with van der Waals surface area (Å²) >= 11 is 0. The van der Waals surface area contributed by atoms with Gasteiger partial charge >= 0.3 is 6.18 Å². The third-order valence-corrected chi connectivity index (χ3v) is 5.72. The predicted molar refractivity (Wildman–Crippen MR) is 123 cm³/mol. The highest BCUT2D eigenvalue weighted by atomic mass is 19.4. The van der Waals surface area contributed by atoms with Crippen molar-refractivity contribution >= 4 is 11.8 Å². The zero-order chi connectivity index (χ0) is 23.4. The Morgan fingerprint density at radius 2 is 1.97 bits per heavy atom. The molecule has 0 spiro atoms. The van der Waals surface area contributed by atoms with Gasteiger partial charge in [-0.15, -0.1) is 0 Å². The minimum absolute atomic E-state index is 0.0562. The number of aromatic nitrogens is 1. The fourth-order valence-electron chi connectivity index (χ4n) is 4.05. The first-order valence-corrected chi connectivity index (χ1v) is 10.8. The van der Waals surface area contributed by atoms with Crippen molar-refractivity contribution in [2.45, 2.75) is 25.6 Å². The van der Waals surface area contributed by atoms with E-state index in [-0.39, 0.29) is 18.6 Å². The summed E-state index contributed by atoms with van der Waals surface area (Å²) in [5.74, 6) is 0.185. The van der Waals surface area contributed by atoms with Crippen LogP contribution in [0.3, 0.4) is 0 Å². The van der Waals surface area contributed by atoms with Crippen molar-refractivity contribution in [3.63, 3.8) is 0 Å². The van der Waals surface area contributed by atoms with Gasteiger partial charge in [-0.05, 0) is 47.4 Å². The number of anilines is 1. The number of pyridine rings is 1. The number of nitrogens with zero attached hydrogens (tertiary/aromatic N) is 2. The van der Waals surface area contributed by atoms with Gasteiger partial charge in [0.05, 0.1) is 18.7 Å². The van der Waals surface area contributed by atoms with Crippen molar-refractivity contribution in [2.75, 3.05) is 24.6 Å². The normalized spacial score (nSPS) is 16.5. The Morgan fingerprint density at radius 3 is 2.67 bits per heavy atom. The third kappa shape index (κ3) is 5.37. The largest absolute Gasteiger partial charge is 0.472 e. The molecule has 7 heteroatoms. The molecule has 0 bridgehead atoms. The van der Waals surface area contributed by atoms with Crippen molar-refractivity contribution in [1.82, 2.24) is 4.98 Å². The first-order valence-electron chi connectivity index (χ1n) is 10.8. The van der Waals surface area contributed by atoms with Crippen LogP contribution in [0.2, 0.25) is 0 Å². The molecule has 1 aliphatic rings. The van der Waals surface area contributed by atoms with Gasteiger partial charge in [-0.25, -0.2) is 4.98 Å². The van der Waals surface area contributed by atoms with Crippen molar-refractivity contribution in [2.24, 2.45) is 0 Å². The Kier molecular flexibility index (Phi) is 6.70. The van der Waals surface area contributed by atoms with Crippen LogP contribution < -0.4 is 9.64 Å². The van der Waals surface area contributed by atoms with E-state index in [9.17, 15) is 18.3 Å². The van der Waals surface area contributed by atoms with Crippen molar-refractivity contribution < 1.29 is 23.0 Å². The Hall–Kier alpha value is -3.32. The Labute approximate surface area is 191 Å². The molecule has 1 aromatic heterocycles. The van der Waals surface area contributed by atoms with Crippen LogP contribution in [0.25, 0.3) is 17.2 Å². The van der Waals surface area contributed by atoms with Crippen LogP contribution >= 0.6 is 0 Å². The van der Waals surface area contributed by atoms with Crippen LogP contribution in [0.5, 0.6) is 5.88 Å². The van der Waals surface area contributed by atoms with E-state index in [0.717, 1.165) is 47.6 Å².